The number of nitrogens with two attached hydrogens (primary N) is 1. The lowest BCUT2D eigenvalue weighted by atomic mass is 9.90. The third kappa shape index (κ3) is 3.37. The average Bonchev–Trinajstić information content (AvgIpc) is 2.57. The highest BCUT2D eigenvalue weighted by molar-refractivity contribution is 6.29. The number of halogens is 1. The highest BCUT2D eigenvalue weighted by Crippen LogP contribution is 2.32. The topological polar surface area (TPSA) is 92.3 Å². The average molecular weight is 333 g/mol. The van der Waals surface area contributed by atoms with Crippen molar-refractivity contribution in [2.75, 3.05) is 23.7 Å². The zero-order valence-corrected chi connectivity index (χ0v) is 13.2. The maximum atomic E-state index is 10.9. The molecule has 3 rings (SSSR count). The molecule has 1 aromatic carbocycles. The van der Waals surface area contributed by atoms with E-state index in [1.54, 1.807) is 18.2 Å². The van der Waals surface area contributed by atoms with Crippen LogP contribution < -0.4 is 10.6 Å². The molecule has 23 heavy (non-hydrogen) atoms. The second-order valence-corrected chi connectivity index (χ2v) is 6.04. The first-order valence-corrected chi connectivity index (χ1v) is 7.79. The second-order valence-electron chi connectivity index (χ2n) is 5.65. The normalized spacial score (nSPS) is 18.0. The number of nitrogens with zero attached hydrogens (tertiary/aromatic N) is 3. The molecule has 1 aliphatic rings. The van der Waals surface area contributed by atoms with E-state index in [0.717, 1.165) is 37.2 Å². The zero-order valence-electron chi connectivity index (χ0n) is 12.4. The fraction of sp³-hybridized carbons (Fsp3) is 0.312. The van der Waals surface area contributed by atoms with Crippen molar-refractivity contribution < 1.29 is 9.90 Å². The quantitative estimate of drug-likeness (QED) is 0.897. The number of piperidine rings is 1. The van der Waals surface area contributed by atoms with Gasteiger partial charge >= 0.3 is 5.97 Å². The highest BCUT2D eigenvalue weighted by Gasteiger charge is 2.23. The number of carboxylic acid groups (broad SMARTS) is 1. The molecule has 0 spiro atoms. The smallest absolute Gasteiger partial charge is 0.335 e. The van der Waals surface area contributed by atoms with Crippen LogP contribution in [0.2, 0.25) is 5.15 Å². The summed E-state index contributed by atoms with van der Waals surface area (Å²) in [4.78, 5) is 13.1. The molecule has 0 amide bonds. The highest BCUT2D eigenvalue weighted by atomic mass is 35.5. The van der Waals surface area contributed by atoms with Crippen molar-refractivity contribution in [1.82, 2.24) is 10.2 Å². The molecule has 0 radical (unpaired) electrons. The minimum absolute atomic E-state index is 0.302. The summed E-state index contributed by atoms with van der Waals surface area (Å²) >= 11 is 5.93. The Bertz CT molecular complexity index is 721. The van der Waals surface area contributed by atoms with Crippen LogP contribution in [0.5, 0.6) is 0 Å². The van der Waals surface area contributed by atoms with E-state index in [9.17, 15) is 4.79 Å². The van der Waals surface area contributed by atoms with Crippen LogP contribution in [-0.4, -0.2) is 34.4 Å². The minimum Gasteiger partial charge on any atom is -0.478 e. The first kappa shape index (κ1) is 15.6. The number of hydrogen-bond donors (Lipinski definition) is 2. The molecule has 1 atom stereocenters. The lowest BCUT2D eigenvalue weighted by Crippen LogP contribution is -2.35. The summed E-state index contributed by atoms with van der Waals surface area (Å²) in [6.07, 6.45) is 2.07. The molecule has 3 N–H and O–H groups in total. The number of aromatic nitrogens is 2. The molecule has 2 heterocycles. The molecular formula is C16H17ClN4O2. The van der Waals surface area contributed by atoms with Gasteiger partial charge < -0.3 is 15.7 Å². The number of rotatable bonds is 3. The van der Waals surface area contributed by atoms with Gasteiger partial charge in [-0.05, 0) is 30.5 Å². The summed E-state index contributed by atoms with van der Waals surface area (Å²) in [6.45, 7) is 1.68. The predicted octanol–water partition coefficient (Wildman–Crippen LogP) is 2.79. The molecule has 1 aromatic heterocycles. The summed E-state index contributed by atoms with van der Waals surface area (Å²) in [5.41, 5.74) is 8.15. The molecule has 1 aliphatic heterocycles. The van der Waals surface area contributed by atoms with Gasteiger partial charge in [0.05, 0.1) is 11.3 Å². The summed E-state index contributed by atoms with van der Waals surface area (Å²) < 4.78 is 0. The summed E-state index contributed by atoms with van der Waals surface area (Å²) in [6, 6.07) is 8.81. The number of hydrogen-bond acceptors (Lipinski definition) is 5. The molecular weight excluding hydrogens is 316 g/mol. The van der Waals surface area contributed by atoms with E-state index < -0.39 is 5.97 Å². The number of aromatic carboxylic acids is 1. The molecule has 0 aliphatic carbocycles. The van der Waals surface area contributed by atoms with E-state index in [2.05, 4.69) is 15.1 Å². The third-order valence-electron chi connectivity index (χ3n) is 4.16. The zero-order chi connectivity index (χ0) is 16.4. The fourth-order valence-corrected chi connectivity index (χ4v) is 3.13. The second kappa shape index (κ2) is 6.42. The third-order valence-corrected chi connectivity index (χ3v) is 4.35. The maximum Gasteiger partial charge on any atom is 0.335 e. The Kier molecular flexibility index (Phi) is 4.34. The molecule has 7 heteroatoms. The standard InChI is InChI=1S/C16H17ClN4O2/c17-14-8-13(15(18)20-19-14)21-7-1-2-12(9-21)10-3-5-11(6-4-10)16(22)23/h3-6,8,12H,1-2,7,9H2,(H2,18,20)(H,22,23). The van der Waals surface area contributed by atoms with Crippen molar-refractivity contribution in [2.24, 2.45) is 0 Å². The van der Waals surface area contributed by atoms with Crippen LogP contribution in [0, 0.1) is 0 Å². The molecule has 0 bridgehead atoms. The summed E-state index contributed by atoms with van der Waals surface area (Å²) in [5, 5.41) is 16.9. The van der Waals surface area contributed by atoms with Crippen LogP contribution in [0.3, 0.4) is 0 Å². The van der Waals surface area contributed by atoms with Gasteiger partial charge in [0.25, 0.3) is 0 Å². The molecule has 120 valence electrons. The summed E-state index contributed by atoms with van der Waals surface area (Å²) in [7, 11) is 0. The Morgan fingerprint density at radius 1 is 1.30 bits per heavy atom. The van der Waals surface area contributed by atoms with Crippen molar-refractivity contribution >= 4 is 29.1 Å². The van der Waals surface area contributed by atoms with Gasteiger partial charge in [-0.2, -0.15) is 0 Å². The van der Waals surface area contributed by atoms with Gasteiger partial charge in [-0.15, -0.1) is 10.2 Å². The van der Waals surface area contributed by atoms with E-state index in [4.69, 9.17) is 22.4 Å². The molecule has 2 aromatic rings. The molecule has 6 nitrogen and oxygen atoms in total. The first-order valence-electron chi connectivity index (χ1n) is 7.41. The Morgan fingerprint density at radius 3 is 2.74 bits per heavy atom. The van der Waals surface area contributed by atoms with Crippen LogP contribution in [0.15, 0.2) is 30.3 Å². The molecule has 1 unspecified atom stereocenters. The van der Waals surface area contributed by atoms with Crippen molar-refractivity contribution in [2.45, 2.75) is 18.8 Å². The number of benzene rings is 1. The molecule has 1 fully saturated rings. The monoisotopic (exact) mass is 332 g/mol. The summed E-state index contributed by atoms with van der Waals surface area (Å²) in [5.74, 6) is -0.221. The Morgan fingerprint density at radius 2 is 2.04 bits per heavy atom. The molecule has 1 saturated heterocycles. The van der Waals surface area contributed by atoms with Crippen LogP contribution in [-0.2, 0) is 0 Å². The van der Waals surface area contributed by atoms with Gasteiger partial charge in [-0.1, -0.05) is 23.7 Å². The SMILES string of the molecule is Nc1nnc(Cl)cc1N1CCCC(c2ccc(C(=O)O)cc2)C1. The van der Waals surface area contributed by atoms with Gasteiger partial charge in [0.2, 0.25) is 0 Å². The lowest BCUT2D eigenvalue weighted by Gasteiger charge is -2.35. The Labute approximate surface area is 138 Å². The molecule has 0 saturated carbocycles. The number of carboxylic acids is 1. The van der Waals surface area contributed by atoms with E-state index in [-0.39, 0.29) is 0 Å². The van der Waals surface area contributed by atoms with Gasteiger partial charge in [0.1, 0.15) is 0 Å². The number of carbonyl (C=O) groups is 1. The minimum atomic E-state index is -0.910. The van der Waals surface area contributed by atoms with E-state index >= 15 is 0 Å². The lowest BCUT2D eigenvalue weighted by molar-refractivity contribution is 0.0697. The van der Waals surface area contributed by atoms with Crippen molar-refractivity contribution in [1.29, 1.82) is 0 Å². The van der Waals surface area contributed by atoms with Crippen molar-refractivity contribution in [3.8, 4) is 0 Å². The van der Waals surface area contributed by atoms with Crippen LogP contribution in [0.4, 0.5) is 11.5 Å². The van der Waals surface area contributed by atoms with Gasteiger partial charge in [-0.3, -0.25) is 0 Å². The van der Waals surface area contributed by atoms with E-state index in [1.807, 2.05) is 12.1 Å². The van der Waals surface area contributed by atoms with Gasteiger partial charge in [-0.25, -0.2) is 4.79 Å². The van der Waals surface area contributed by atoms with Crippen molar-refractivity contribution in [3.63, 3.8) is 0 Å². The van der Waals surface area contributed by atoms with Crippen LogP contribution in [0.25, 0.3) is 0 Å². The number of nitrogen functional groups attached to an aromatic ring is 1. The maximum absolute atomic E-state index is 10.9. The Hall–Kier alpha value is -2.34. The van der Waals surface area contributed by atoms with Crippen molar-refractivity contribution in [3.05, 3.63) is 46.6 Å². The van der Waals surface area contributed by atoms with Crippen LogP contribution >= 0.6 is 11.6 Å². The van der Waals surface area contributed by atoms with Crippen LogP contribution in [0.1, 0.15) is 34.7 Å². The van der Waals surface area contributed by atoms with E-state index in [0.29, 0.717) is 22.5 Å². The Balaban J connectivity index is 1.80. The first-order chi connectivity index (χ1) is 11.0. The van der Waals surface area contributed by atoms with Gasteiger partial charge in [0.15, 0.2) is 11.0 Å². The fourth-order valence-electron chi connectivity index (χ4n) is 2.99. The predicted molar refractivity (Wildman–Crippen MR) is 89.0 cm³/mol. The van der Waals surface area contributed by atoms with Gasteiger partial charge in [0, 0.05) is 25.1 Å². The number of anilines is 2. The van der Waals surface area contributed by atoms with E-state index in [1.165, 1.54) is 0 Å². The largest absolute Gasteiger partial charge is 0.478 e.